The van der Waals surface area contributed by atoms with Gasteiger partial charge in [0.25, 0.3) is 5.91 Å². The largest absolute Gasteiger partial charge is 0.334 e. The topological polar surface area (TPSA) is 32.3 Å². The van der Waals surface area contributed by atoms with Gasteiger partial charge in [0, 0.05) is 28.7 Å². The fourth-order valence-electron chi connectivity index (χ4n) is 3.51. The summed E-state index contributed by atoms with van der Waals surface area (Å²) in [6, 6.07) is 5.06. The molecule has 3 nitrogen and oxygen atoms in total. The molecule has 2 fully saturated rings. The van der Waals surface area contributed by atoms with Crippen LogP contribution in [0.15, 0.2) is 22.7 Å². The zero-order valence-corrected chi connectivity index (χ0v) is 13.5. The van der Waals surface area contributed by atoms with E-state index in [0.717, 1.165) is 32.4 Å². The Morgan fingerprint density at radius 3 is 2.81 bits per heavy atom. The zero-order valence-electron chi connectivity index (χ0n) is 11.9. The number of likely N-dealkylation sites (tertiary alicyclic amines) is 1. The molecule has 0 spiro atoms. The number of halogens is 2. The lowest BCUT2D eigenvalue weighted by atomic mass is 9.93. The fourth-order valence-corrected chi connectivity index (χ4v) is 3.98. The van der Waals surface area contributed by atoms with Crippen LogP contribution >= 0.6 is 15.9 Å². The summed E-state index contributed by atoms with van der Waals surface area (Å²) in [6.45, 7) is 1.81. The third kappa shape index (κ3) is 3.29. The fraction of sp³-hybridized carbons (Fsp3) is 0.562. The third-order valence-corrected chi connectivity index (χ3v) is 4.94. The van der Waals surface area contributed by atoms with Crippen molar-refractivity contribution in [3.63, 3.8) is 0 Å². The predicted octanol–water partition coefficient (Wildman–Crippen LogP) is 3.33. The summed E-state index contributed by atoms with van der Waals surface area (Å²) < 4.78 is 14.2. The molecule has 21 heavy (non-hydrogen) atoms. The van der Waals surface area contributed by atoms with Crippen molar-refractivity contribution >= 4 is 21.8 Å². The molecule has 3 rings (SSSR count). The van der Waals surface area contributed by atoms with Gasteiger partial charge >= 0.3 is 0 Å². The lowest BCUT2D eigenvalue weighted by Crippen LogP contribution is -2.52. The summed E-state index contributed by atoms with van der Waals surface area (Å²) in [7, 11) is 0. The first-order chi connectivity index (χ1) is 10.1. The Hall–Kier alpha value is -0.940. The third-order valence-electron chi connectivity index (χ3n) is 4.48. The first-order valence-electron chi connectivity index (χ1n) is 7.65. The van der Waals surface area contributed by atoms with Crippen LogP contribution in [0.1, 0.15) is 42.5 Å². The van der Waals surface area contributed by atoms with Gasteiger partial charge in [0.2, 0.25) is 0 Å². The van der Waals surface area contributed by atoms with E-state index in [1.54, 1.807) is 6.07 Å². The second kappa shape index (κ2) is 6.44. The van der Waals surface area contributed by atoms with Crippen molar-refractivity contribution in [3.05, 3.63) is 34.1 Å². The van der Waals surface area contributed by atoms with E-state index < -0.39 is 0 Å². The van der Waals surface area contributed by atoms with Gasteiger partial charge in [0.1, 0.15) is 5.82 Å². The van der Waals surface area contributed by atoms with Gasteiger partial charge in [-0.3, -0.25) is 4.79 Å². The van der Waals surface area contributed by atoms with Gasteiger partial charge in [-0.25, -0.2) is 4.39 Å². The second-order valence-corrected chi connectivity index (χ2v) is 6.84. The number of amides is 1. The van der Waals surface area contributed by atoms with E-state index in [4.69, 9.17) is 0 Å². The van der Waals surface area contributed by atoms with Gasteiger partial charge in [-0.05, 0) is 56.8 Å². The van der Waals surface area contributed by atoms with E-state index in [9.17, 15) is 9.18 Å². The van der Waals surface area contributed by atoms with Crippen molar-refractivity contribution < 1.29 is 9.18 Å². The Bertz CT molecular complexity index is 511. The molecule has 2 aliphatic heterocycles. The van der Waals surface area contributed by atoms with Crippen LogP contribution in [0.2, 0.25) is 0 Å². The molecule has 5 heteroatoms. The highest BCUT2D eigenvalue weighted by atomic mass is 79.9. The predicted molar refractivity (Wildman–Crippen MR) is 83.8 cm³/mol. The minimum absolute atomic E-state index is 0.0476. The van der Waals surface area contributed by atoms with Gasteiger partial charge in [-0.1, -0.05) is 15.9 Å². The molecule has 1 amide bonds. The molecule has 1 aromatic carbocycles. The zero-order chi connectivity index (χ0) is 14.8. The smallest absolute Gasteiger partial charge is 0.254 e. The highest BCUT2D eigenvalue weighted by molar-refractivity contribution is 9.10. The highest BCUT2D eigenvalue weighted by Gasteiger charge is 2.34. The van der Waals surface area contributed by atoms with Crippen LogP contribution in [-0.2, 0) is 0 Å². The standard InChI is InChI=1S/C16H20BrFN2O/c17-12-8-11(9-13(18)10-12)16(21)20-7-2-1-5-15(20)14-4-3-6-19-14/h8-10,14-15,19H,1-7H2. The Labute approximate surface area is 133 Å². The summed E-state index contributed by atoms with van der Waals surface area (Å²) in [5.74, 6) is -0.422. The summed E-state index contributed by atoms with van der Waals surface area (Å²) >= 11 is 3.26. The first-order valence-corrected chi connectivity index (χ1v) is 8.45. The summed E-state index contributed by atoms with van der Waals surface area (Å²) in [5.41, 5.74) is 0.437. The Morgan fingerprint density at radius 2 is 2.10 bits per heavy atom. The van der Waals surface area contributed by atoms with Crippen LogP contribution in [0.4, 0.5) is 4.39 Å². The first kappa shape index (κ1) is 15.0. The van der Waals surface area contributed by atoms with Crippen molar-refractivity contribution in [3.8, 4) is 0 Å². The number of carbonyl (C=O) groups is 1. The molecule has 0 saturated carbocycles. The molecule has 2 saturated heterocycles. The van der Waals surface area contributed by atoms with Gasteiger partial charge in [0.05, 0.1) is 0 Å². The molecule has 0 radical (unpaired) electrons. The Morgan fingerprint density at radius 1 is 1.24 bits per heavy atom. The van der Waals surface area contributed by atoms with E-state index in [-0.39, 0.29) is 17.8 Å². The average molecular weight is 355 g/mol. The van der Waals surface area contributed by atoms with Crippen molar-refractivity contribution in [2.45, 2.75) is 44.2 Å². The molecule has 0 aromatic heterocycles. The molecule has 2 heterocycles. The van der Waals surface area contributed by atoms with E-state index in [1.807, 2.05) is 4.90 Å². The average Bonchev–Trinajstić information content (AvgIpc) is 2.99. The second-order valence-electron chi connectivity index (χ2n) is 5.92. The maximum absolute atomic E-state index is 13.5. The van der Waals surface area contributed by atoms with E-state index >= 15 is 0 Å². The molecule has 0 aliphatic carbocycles. The highest BCUT2D eigenvalue weighted by Crippen LogP contribution is 2.26. The number of benzene rings is 1. The molecule has 0 bridgehead atoms. The normalized spacial score (nSPS) is 26.1. The molecular weight excluding hydrogens is 335 g/mol. The molecular formula is C16H20BrFN2O. The molecule has 2 aliphatic rings. The number of nitrogens with zero attached hydrogens (tertiary/aromatic N) is 1. The van der Waals surface area contributed by atoms with E-state index in [0.29, 0.717) is 16.1 Å². The van der Waals surface area contributed by atoms with Crippen molar-refractivity contribution in [2.75, 3.05) is 13.1 Å². The summed E-state index contributed by atoms with van der Waals surface area (Å²) in [6.07, 6.45) is 5.54. The monoisotopic (exact) mass is 354 g/mol. The van der Waals surface area contributed by atoms with Crippen LogP contribution in [0.3, 0.4) is 0 Å². The van der Waals surface area contributed by atoms with Gasteiger partial charge in [0.15, 0.2) is 0 Å². The number of rotatable bonds is 2. The maximum Gasteiger partial charge on any atom is 0.254 e. The van der Waals surface area contributed by atoms with Crippen LogP contribution in [0, 0.1) is 5.82 Å². The SMILES string of the molecule is O=C(c1cc(F)cc(Br)c1)N1CCCCC1C1CCCN1. The molecule has 2 atom stereocenters. The molecule has 1 aromatic rings. The van der Waals surface area contributed by atoms with E-state index in [1.165, 1.54) is 25.0 Å². The van der Waals surface area contributed by atoms with E-state index in [2.05, 4.69) is 21.2 Å². The number of piperidine rings is 1. The lowest BCUT2D eigenvalue weighted by Gasteiger charge is -2.39. The number of hydrogen-bond donors (Lipinski definition) is 1. The minimum atomic E-state index is -0.375. The van der Waals surface area contributed by atoms with Crippen LogP contribution in [-0.4, -0.2) is 36.0 Å². The van der Waals surface area contributed by atoms with Crippen molar-refractivity contribution in [1.82, 2.24) is 10.2 Å². The number of carbonyl (C=O) groups excluding carboxylic acids is 1. The van der Waals surface area contributed by atoms with Crippen LogP contribution in [0.5, 0.6) is 0 Å². The van der Waals surface area contributed by atoms with Gasteiger partial charge in [-0.2, -0.15) is 0 Å². The summed E-state index contributed by atoms with van der Waals surface area (Å²) in [5, 5.41) is 3.51. The van der Waals surface area contributed by atoms with Gasteiger partial charge < -0.3 is 10.2 Å². The minimum Gasteiger partial charge on any atom is -0.334 e. The molecule has 2 unspecified atom stereocenters. The van der Waals surface area contributed by atoms with Crippen LogP contribution in [0.25, 0.3) is 0 Å². The van der Waals surface area contributed by atoms with Crippen molar-refractivity contribution in [2.24, 2.45) is 0 Å². The Balaban J connectivity index is 1.83. The van der Waals surface area contributed by atoms with Crippen LogP contribution < -0.4 is 5.32 Å². The lowest BCUT2D eigenvalue weighted by molar-refractivity contribution is 0.0563. The number of nitrogens with one attached hydrogen (secondary N) is 1. The van der Waals surface area contributed by atoms with Gasteiger partial charge in [-0.15, -0.1) is 0 Å². The number of hydrogen-bond acceptors (Lipinski definition) is 2. The molecule has 1 N–H and O–H groups in total. The Kier molecular flexibility index (Phi) is 4.60. The molecule has 114 valence electrons. The van der Waals surface area contributed by atoms with Crippen molar-refractivity contribution in [1.29, 1.82) is 0 Å². The summed E-state index contributed by atoms with van der Waals surface area (Å²) in [4.78, 5) is 14.7. The maximum atomic E-state index is 13.5. The quantitative estimate of drug-likeness (QED) is 0.883.